The number of piperazine rings is 1. The summed E-state index contributed by atoms with van der Waals surface area (Å²) in [5.41, 5.74) is 2.20. The third-order valence-corrected chi connectivity index (χ3v) is 4.63. The second kappa shape index (κ2) is 7.92. The number of nitrogens with zero attached hydrogens (tertiary/aromatic N) is 2. The Kier molecular flexibility index (Phi) is 5.43. The molecule has 0 saturated carbocycles. The van der Waals surface area contributed by atoms with Crippen molar-refractivity contribution in [3.05, 3.63) is 60.2 Å². The van der Waals surface area contributed by atoms with E-state index in [2.05, 4.69) is 16.3 Å². The highest BCUT2D eigenvalue weighted by atomic mass is 16.5. The average molecular weight is 339 g/mol. The van der Waals surface area contributed by atoms with Crippen LogP contribution in [0.25, 0.3) is 0 Å². The van der Waals surface area contributed by atoms with Crippen LogP contribution in [-0.4, -0.2) is 44.2 Å². The normalized spacial score (nSPS) is 15.6. The van der Waals surface area contributed by atoms with E-state index in [0.717, 1.165) is 30.1 Å². The van der Waals surface area contributed by atoms with E-state index in [1.54, 1.807) is 7.11 Å². The number of urea groups is 1. The summed E-state index contributed by atoms with van der Waals surface area (Å²) in [5, 5.41) is 3.09. The molecule has 2 aromatic carbocycles. The second-order valence-electron chi connectivity index (χ2n) is 6.23. The lowest BCUT2D eigenvalue weighted by molar-refractivity contribution is 0.191. The molecule has 132 valence electrons. The molecule has 0 spiro atoms. The third kappa shape index (κ3) is 4.05. The van der Waals surface area contributed by atoms with E-state index in [4.69, 9.17) is 4.74 Å². The van der Waals surface area contributed by atoms with Gasteiger partial charge in [0.1, 0.15) is 5.75 Å². The highest BCUT2D eigenvalue weighted by Gasteiger charge is 2.23. The maximum atomic E-state index is 12.5. The van der Waals surface area contributed by atoms with Gasteiger partial charge in [-0.25, -0.2) is 4.79 Å². The summed E-state index contributed by atoms with van der Waals surface area (Å²) in [5.74, 6) is 0.873. The summed E-state index contributed by atoms with van der Waals surface area (Å²) in [6.45, 7) is 5.01. The van der Waals surface area contributed by atoms with Crippen LogP contribution in [0.3, 0.4) is 0 Å². The molecule has 1 N–H and O–H groups in total. The number of benzene rings is 2. The quantitative estimate of drug-likeness (QED) is 0.930. The molecule has 1 atom stereocenters. The van der Waals surface area contributed by atoms with E-state index in [0.29, 0.717) is 13.1 Å². The lowest BCUT2D eigenvalue weighted by Crippen LogP contribution is -2.52. The Bertz CT molecular complexity index is 697. The summed E-state index contributed by atoms with van der Waals surface area (Å²) in [7, 11) is 1.69. The molecule has 25 heavy (non-hydrogen) atoms. The Balaban J connectivity index is 1.56. The van der Waals surface area contributed by atoms with Crippen LogP contribution in [-0.2, 0) is 0 Å². The minimum atomic E-state index is -0.00368. The lowest BCUT2D eigenvalue weighted by Gasteiger charge is -2.37. The van der Waals surface area contributed by atoms with Crippen molar-refractivity contribution in [2.24, 2.45) is 0 Å². The van der Waals surface area contributed by atoms with Crippen LogP contribution in [0.15, 0.2) is 54.6 Å². The van der Waals surface area contributed by atoms with Crippen LogP contribution in [0, 0.1) is 0 Å². The summed E-state index contributed by atoms with van der Waals surface area (Å²) in [4.78, 5) is 16.7. The zero-order chi connectivity index (χ0) is 17.6. The number of carbonyl (C=O) groups is 1. The molecule has 3 rings (SSSR count). The zero-order valence-corrected chi connectivity index (χ0v) is 14.8. The molecule has 1 heterocycles. The van der Waals surface area contributed by atoms with Crippen LogP contribution in [0.2, 0.25) is 0 Å². The fourth-order valence-corrected chi connectivity index (χ4v) is 3.14. The van der Waals surface area contributed by atoms with Crippen LogP contribution in [0.4, 0.5) is 10.5 Å². The molecule has 5 heteroatoms. The second-order valence-corrected chi connectivity index (χ2v) is 6.23. The van der Waals surface area contributed by atoms with Gasteiger partial charge < -0.3 is 19.9 Å². The summed E-state index contributed by atoms with van der Waals surface area (Å²) >= 11 is 0. The van der Waals surface area contributed by atoms with Crippen LogP contribution in [0.5, 0.6) is 5.75 Å². The first-order chi connectivity index (χ1) is 12.2. The Morgan fingerprint density at radius 2 is 1.64 bits per heavy atom. The van der Waals surface area contributed by atoms with Gasteiger partial charge in [0, 0.05) is 26.2 Å². The molecule has 0 aromatic heterocycles. The third-order valence-electron chi connectivity index (χ3n) is 4.63. The molecular weight excluding hydrogens is 314 g/mol. The van der Waals surface area contributed by atoms with Crippen molar-refractivity contribution in [1.29, 1.82) is 0 Å². The minimum absolute atomic E-state index is 0.000877. The maximum absolute atomic E-state index is 12.5. The van der Waals surface area contributed by atoms with Crippen LogP contribution < -0.4 is 15.0 Å². The molecular formula is C20H25N3O2. The van der Waals surface area contributed by atoms with E-state index in [-0.39, 0.29) is 12.1 Å². The number of amides is 2. The molecule has 1 aliphatic heterocycles. The molecule has 2 amide bonds. The summed E-state index contributed by atoms with van der Waals surface area (Å²) in [6.07, 6.45) is 0. The number of nitrogens with one attached hydrogen (secondary N) is 1. The van der Waals surface area contributed by atoms with Crippen molar-refractivity contribution in [1.82, 2.24) is 10.2 Å². The Morgan fingerprint density at radius 3 is 2.32 bits per heavy atom. The van der Waals surface area contributed by atoms with Crippen LogP contribution in [0.1, 0.15) is 18.5 Å². The lowest BCUT2D eigenvalue weighted by atomic mass is 10.1. The van der Waals surface area contributed by atoms with E-state index in [9.17, 15) is 4.79 Å². The predicted octanol–water partition coefficient (Wildman–Crippen LogP) is 3.29. The van der Waals surface area contributed by atoms with Crippen molar-refractivity contribution >= 4 is 11.7 Å². The van der Waals surface area contributed by atoms with Gasteiger partial charge in [-0.15, -0.1) is 0 Å². The van der Waals surface area contributed by atoms with E-state index in [1.807, 2.05) is 60.4 Å². The topological polar surface area (TPSA) is 44.8 Å². The number of hydrogen-bond acceptors (Lipinski definition) is 3. The number of rotatable bonds is 4. The number of anilines is 1. The minimum Gasteiger partial charge on any atom is -0.495 e. The molecule has 0 aliphatic carbocycles. The van der Waals surface area contributed by atoms with E-state index < -0.39 is 0 Å². The van der Waals surface area contributed by atoms with E-state index >= 15 is 0 Å². The highest BCUT2D eigenvalue weighted by Crippen LogP contribution is 2.28. The molecule has 0 radical (unpaired) electrons. The molecule has 1 aliphatic rings. The molecule has 1 unspecified atom stereocenters. The largest absolute Gasteiger partial charge is 0.495 e. The summed E-state index contributed by atoms with van der Waals surface area (Å²) < 4.78 is 5.44. The standard InChI is InChI=1S/C20H25N3O2/c1-16(17-8-4-3-5-9-17)21-20(24)23-14-12-22(13-15-23)18-10-6-7-11-19(18)25-2/h3-11,16H,12-15H2,1-2H3,(H,21,24). The van der Waals surface area contributed by atoms with Gasteiger partial charge in [-0.1, -0.05) is 42.5 Å². The average Bonchev–Trinajstić information content (AvgIpc) is 2.68. The van der Waals surface area contributed by atoms with Crippen molar-refractivity contribution in [2.75, 3.05) is 38.2 Å². The highest BCUT2D eigenvalue weighted by molar-refractivity contribution is 5.75. The van der Waals surface area contributed by atoms with Crippen molar-refractivity contribution in [2.45, 2.75) is 13.0 Å². The number of ether oxygens (including phenoxy) is 1. The molecule has 2 aromatic rings. The first-order valence-electron chi connectivity index (χ1n) is 8.67. The number of para-hydroxylation sites is 2. The van der Waals surface area contributed by atoms with Gasteiger partial charge >= 0.3 is 6.03 Å². The SMILES string of the molecule is COc1ccccc1N1CCN(C(=O)NC(C)c2ccccc2)CC1. The van der Waals surface area contributed by atoms with Crippen molar-refractivity contribution in [3.8, 4) is 5.75 Å². The van der Waals surface area contributed by atoms with Crippen molar-refractivity contribution < 1.29 is 9.53 Å². The zero-order valence-electron chi connectivity index (χ0n) is 14.8. The monoisotopic (exact) mass is 339 g/mol. The molecule has 1 fully saturated rings. The van der Waals surface area contributed by atoms with Gasteiger partial charge in [0.25, 0.3) is 0 Å². The predicted molar refractivity (Wildman–Crippen MR) is 100 cm³/mol. The molecule has 0 bridgehead atoms. The summed E-state index contributed by atoms with van der Waals surface area (Å²) in [6, 6.07) is 18.0. The Labute approximate surface area is 149 Å². The van der Waals surface area contributed by atoms with Crippen LogP contribution >= 0.6 is 0 Å². The van der Waals surface area contributed by atoms with Gasteiger partial charge in [0.05, 0.1) is 18.8 Å². The maximum Gasteiger partial charge on any atom is 0.317 e. The fourth-order valence-electron chi connectivity index (χ4n) is 3.14. The van der Waals surface area contributed by atoms with E-state index in [1.165, 1.54) is 0 Å². The smallest absolute Gasteiger partial charge is 0.317 e. The molecule has 5 nitrogen and oxygen atoms in total. The van der Waals surface area contributed by atoms with Gasteiger partial charge in [-0.05, 0) is 24.6 Å². The van der Waals surface area contributed by atoms with Gasteiger partial charge in [-0.2, -0.15) is 0 Å². The number of carbonyl (C=O) groups excluding carboxylic acids is 1. The molecule has 1 saturated heterocycles. The van der Waals surface area contributed by atoms with Gasteiger partial charge in [0.2, 0.25) is 0 Å². The van der Waals surface area contributed by atoms with Gasteiger partial charge in [-0.3, -0.25) is 0 Å². The number of methoxy groups -OCH3 is 1. The first kappa shape index (κ1) is 17.1. The Morgan fingerprint density at radius 1 is 1.00 bits per heavy atom. The Hall–Kier alpha value is -2.69. The number of hydrogen-bond donors (Lipinski definition) is 1. The first-order valence-corrected chi connectivity index (χ1v) is 8.67. The fraction of sp³-hybridized carbons (Fsp3) is 0.350. The van der Waals surface area contributed by atoms with Gasteiger partial charge in [0.15, 0.2) is 0 Å². The van der Waals surface area contributed by atoms with Crippen molar-refractivity contribution in [3.63, 3.8) is 0 Å².